The standard InChI is InChI=1S/C18H30BrN5OS.HI/c1-5-21-17(22-13-18(2,3)16(25)20-4)24-10-8-23(9-11-24)12-14-6-7-15(19)26-14;/h6-7H,5,8-13H2,1-4H3,(H,20,25)(H,21,22);1H. The molecule has 2 N–H and O–H groups in total. The molecule has 1 aliphatic heterocycles. The average Bonchev–Trinajstić information content (AvgIpc) is 3.03. The summed E-state index contributed by atoms with van der Waals surface area (Å²) in [6.45, 7) is 12.1. The predicted molar refractivity (Wildman–Crippen MR) is 128 cm³/mol. The van der Waals surface area contributed by atoms with Gasteiger partial charge in [0.25, 0.3) is 0 Å². The van der Waals surface area contributed by atoms with Gasteiger partial charge in [-0.2, -0.15) is 0 Å². The molecule has 0 saturated carbocycles. The third-order valence-electron chi connectivity index (χ3n) is 4.48. The van der Waals surface area contributed by atoms with E-state index in [9.17, 15) is 4.79 Å². The second kappa shape index (κ2) is 11.6. The predicted octanol–water partition coefficient (Wildman–Crippen LogP) is 2.98. The molecule has 0 unspecified atom stereocenters. The molecule has 154 valence electrons. The van der Waals surface area contributed by atoms with E-state index in [0.29, 0.717) is 6.54 Å². The lowest BCUT2D eigenvalue weighted by Gasteiger charge is -2.36. The average molecular weight is 572 g/mol. The van der Waals surface area contributed by atoms with Gasteiger partial charge in [0.2, 0.25) is 5.91 Å². The van der Waals surface area contributed by atoms with Crippen LogP contribution in [0.1, 0.15) is 25.6 Å². The number of rotatable bonds is 6. The maximum atomic E-state index is 12.0. The summed E-state index contributed by atoms with van der Waals surface area (Å²) in [7, 11) is 1.67. The molecule has 0 spiro atoms. The number of hydrogen-bond acceptors (Lipinski definition) is 4. The van der Waals surface area contributed by atoms with Crippen molar-refractivity contribution in [2.24, 2.45) is 10.4 Å². The molecule has 0 aliphatic carbocycles. The Morgan fingerprint density at radius 2 is 1.96 bits per heavy atom. The van der Waals surface area contributed by atoms with Gasteiger partial charge in [0.1, 0.15) is 0 Å². The van der Waals surface area contributed by atoms with Crippen LogP contribution in [0.2, 0.25) is 0 Å². The summed E-state index contributed by atoms with van der Waals surface area (Å²) in [6.07, 6.45) is 0. The first-order valence-corrected chi connectivity index (χ1v) is 10.7. The van der Waals surface area contributed by atoms with E-state index >= 15 is 0 Å². The summed E-state index contributed by atoms with van der Waals surface area (Å²) >= 11 is 5.33. The van der Waals surface area contributed by atoms with Crippen molar-refractivity contribution in [2.75, 3.05) is 46.3 Å². The number of nitrogens with one attached hydrogen (secondary N) is 2. The molecule has 2 heterocycles. The quantitative estimate of drug-likeness (QED) is 0.313. The first-order chi connectivity index (χ1) is 12.4. The third kappa shape index (κ3) is 7.51. The smallest absolute Gasteiger partial charge is 0.227 e. The van der Waals surface area contributed by atoms with Gasteiger partial charge in [-0.3, -0.25) is 14.7 Å². The summed E-state index contributed by atoms with van der Waals surface area (Å²) in [5, 5.41) is 6.09. The second-order valence-electron chi connectivity index (χ2n) is 7.10. The van der Waals surface area contributed by atoms with Crippen LogP contribution < -0.4 is 10.6 Å². The number of hydrogen-bond donors (Lipinski definition) is 2. The van der Waals surface area contributed by atoms with Crippen LogP contribution in [-0.4, -0.2) is 68.0 Å². The fourth-order valence-electron chi connectivity index (χ4n) is 2.88. The largest absolute Gasteiger partial charge is 0.359 e. The molecule has 6 nitrogen and oxygen atoms in total. The number of amides is 1. The van der Waals surface area contributed by atoms with Crippen molar-refractivity contribution in [1.82, 2.24) is 20.4 Å². The minimum Gasteiger partial charge on any atom is -0.359 e. The maximum Gasteiger partial charge on any atom is 0.227 e. The molecule has 1 fully saturated rings. The van der Waals surface area contributed by atoms with E-state index in [1.165, 1.54) is 8.66 Å². The minimum atomic E-state index is -0.510. The minimum absolute atomic E-state index is 0. The normalized spacial score (nSPS) is 16.0. The van der Waals surface area contributed by atoms with Crippen LogP contribution in [0.3, 0.4) is 0 Å². The molecule has 0 atom stereocenters. The van der Waals surface area contributed by atoms with Crippen LogP contribution in [-0.2, 0) is 11.3 Å². The fourth-order valence-corrected chi connectivity index (χ4v) is 4.41. The number of carbonyl (C=O) groups excluding carboxylic acids is 1. The molecule has 0 bridgehead atoms. The van der Waals surface area contributed by atoms with Crippen LogP contribution in [0.4, 0.5) is 0 Å². The Kier molecular flexibility index (Phi) is 10.6. The highest BCUT2D eigenvalue weighted by molar-refractivity contribution is 14.0. The summed E-state index contributed by atoms with van der Waals surface area (Å²) in [5.41, 5.74) is -0.510. The summed E-state index contributed by atoms with van der Waals surface area (Å²) in [6, 6.07) is 4.30. The fraction of sp³-hybridized carbons (Fsp3) is 0.667. The molecular weight excluding hydrogens is 541 g/mol. The lowest BCUT2D eigenvalue weighted by atomic mass is 9.93. The van der Waals surface area contributed by atoms with Gasteiger partial charge in [0.15, 0.2) is 5.96 Å². The Balaban J connectivity index is 0.00000364. The molecule has 1 aromatic rings. The number of guanidine groups is 1. The maximum absolute atomic E-state index is 12.0. The van der Waals surface area contributed by atoms with Gasteiger partial charge in [0.05, 0.1) is 15.7 Å². The van der Waals surface area contributed by atoms with Crippen LogP contribution in [0, 0.1) is 5.41 Å². The Labute approximate surface area is 192 Å². The van der Waals surface area contributed by atoms with Gasteiger partial charge >= 0.3 is 0 Å². The van der Waals surface area contributed by atoms with Crippen molar-refractivity contribution in [3.05, 3.63) is 20.8 Å². The molecule has 0 aromatic carbocycles. The first-order valence-electron chi connectivity index (χ1n) is 9.07. The molecule has 2 rings (SSSR count). The Morgan fingerprint density at radius 1 is 1.30 bits per heavy atom. The van der Waals surface area contributed by atoms with E-state index < -0.39 is 5.41 Å². The van der Waals surface area contributed by atoms with Gasteiger partial charge in [-0.15, -0.1) is 35.3 Å². The monoisotopic (exact) mass is 571 g/mol. The molecule has 1 saturated heterocycles. The summed E-state index contributed by atoms with van der Waals surface area (Å²) in [5.74, 6) is 0.923. The number of nitrogens with zero attached hydrogens (tertiary/aromatic N) is 3. The van der Waals surface area contributed by atoms with Crippen molar-refractivity contribution < 1.29 is 4.79 Å². The Morgan fingerprint density at radius 3 is 2.48 bits per heavy atom. The van der Waals surface area contributed by atoms with Crippen LogP contribution >= 0.6 is 51.2 Å². The van der Waals surface area contributed by atoms with Gasteiger partial charge in [-0.05, 0) is 48.8 Å². The van der Waals surface area contributed by atoms with E-state index in [0.717, 1.165) is 45.2 Å². The van der Waals surface area contributed by atoms with Crippen LogP contribution in [0.15, 0.2) is 20.9 Å². The number of piperazine rings is 1. The van der Waals surface area contributed by atoms with Gasteiger partial charge in [-0.1, -0.05) is 0 Å². The molecular formula is C18H31BrIN5OS. The third-order valence-corrected chi connectivity index (χ3v) is 6.09. The molecule has 1 amide bonds. The first kappa shape index (κ1) is 24.6. The lowest BCUT2D eigenvalue weighted by Crippen LogP contribution is -2.52. The van der Waals surface area contributed by atoms with E-state index in [1.54, 1.807) is 18.4 Å². The van der Waals surface area contributed by atoms with Crippen molar-refractivity contribution in [2.45, 2.75) is 27.3 Å². The van der Waals surface area contributed by atoms with Crippen LogP contribution in [0.5, 0.6) is 0 Å². The highest BCUT2D eigenvalue weighted by atomic mass is 127. The number of halogens is 2. The number of thiophene rings is 1. The molecule has 1 aromatic heterocycles. The van der Waals surface area contributed by atoms with Gasteiger partial charge in [-0.25, -0.2) is 0 Å². The van der Waals surface area contributed by atoms with Crippen molar-refractivity contribution in [1.29, 1.82) is 0 Å². The zero-order valence-corrected chi connectivity index (χ0v) is 21.3. The topological polar surface area (TPSA) is 60.0 Å². The van der Waals surface area contributed by atoms with Crippen molar-refractivity contribution in [3.8, 4) is 0 Å². The zero-order chi connectivity index (χ0) is 19.2. The highest BCUT2D eigenvalue weighted by Crippen LogP contribution is 2.23. The molecule has 9 heteroatoms. The Hall–Kier alpha value is -0.390. The van der Waals surface area contributed by atoms with Gasteiger partial charge < -0.3 is 15.5 Å². The summed E-state index contributed by atoms with van der Waals surface area (Å²) in [4.78, 5) is 22.9. The zero-order valence-electron chi connectivity index (χ0n) is 16.5. The van der Waals surface area contributed by atoms with Crippen molar-refractivity contribution in [3.63, 3.8) is 0 Å². The van der Waals surface area contributed by atoms with Crippen LogP contribution in [0.25, 0.3) is 0 Å². The van der Waals surface area contributed by atoms with Crippen molar-refractivity contribution >= 4 is 63.1 Å². The van der Waals surface area contributed by atoms with Gasteiger partial charge in [0, 0.05) is 51.2 Å². The van der Waals surface area contributed by atoms with E-state index in [4.69, 9.17) is 4.99 Å². The lowest BCUT2D eigenvalue weighted by molar-refractivity contribution is -0.128. The second-order valence-corrected chi connectivity index (χ2v) is 9.65. The van der Waals surface area contributed by atoms with E-state index in [2.05, 4.69) is 55.4 Å². The Bertz CT molecular complexity index is 629. The molecule has 27 heavy (non-hydrogen) atoms. The molecule has 1 aliphatic rings. The van der Waals surface area contributed by atoms with E-state index in [-0.39, 0.29) is 29.9 Å². The number of carbonyl (C=O) groups is 1. The highest BCUT2D eigenvalue weighted by Gasteiger charge is 2.27. The summed E-state index contributed by atoms with van der Waals surface area (Å²) < 4.78 is 1.19. The number of aliphatic imine (C=N–C) groups is 1. The van der Waals surface area contributed by atoms with E-state index in [1.807, 2.05) is 13.8 Å². The SMILES string of the molecule is CCNC(=NCC(C)(C)C(=O)NC)N1CCN(Cc2ccc(Br)s2)CC1.I. The molecule has 0 radical (unpaired) electrons.